The maximum Gasteiger partial charge on any atom is 0.405 e. The minimum absolute atomic E-state index is 0.0593. The van der Waals surface area contributed by atoms with Crippen molar-refractivity contribution in [2.75, 3.05) is 26.3 Å². The molecule has 1 aromatic carbocycles. The molecule has 4 rings (SSSR count). The van der Waals surface area contributed by atoms with Crippen LogP contribution in [0, 0.1) is 17.5 Å². The first kappa shape index (κ1) is 34.3. The number of likely N-dealkylation sites (tertiary alicyclic amines) is 1. The number of hydrogen-bond donors (Lipinski definition) is 1. The van der Waals surface area contributed by atoms with Crippen LogP contribution in [-0.2, 0) is 16.2 Å². The smallest absolute Gasteiger partial charge is 0.376 e. The summed E-state index contributed by atoms with van der Waals surface area (Å²) >= 11 is 0. The molecule has 1 aliphatic carbocycles. The number of ether oxygens (including phenoxy) is 2. The lowest BCUT2D eigenvalue weighted by Crippen LogP contribution is -2.55. The van der Waals surface area contributed by atoms with Gasteiger partial charge in [0.1, 0.15) is 19.1 Å². The highest BCUT2D eigenvalue weighted by Gasteiger charge is 2.39. The molecule has 14 heteroatoms. The number of urea groups is 1. The van der Waals surface area contributed by atoms with Gasteiger partial charge in [-0.05, 0) is 68.7 Å². The number of amides is 2. The normalized spacial score (nSPS) is 23.2. The quantitative estimate of drug-likeness (QED) is 0.121. The fourth-order valence-corrected chi connectivity index (χ4v) is 6.86. The van der Waals surface area contributed by atoms with Gasteiger partial charge in [0.2, 0.25) is 0 Å². The van der Waals surface area contributed by atoms with Crippen LogP contribution in [0.1, 0.15) is 61.6 Å². The van der Waals surface area contributed by atoms with Gasteiger partial charge >= 0.3 is 12.2 Å². The van der Waals surface area contributed by atoms with Gasteiger partial charge in [0.25, 0.3) is 0 Å². The molecule has 246 valence electrons. The van der Waals surface area contributed by atoms with Crippen molar-refractivity contribution in [1.82, 2.24) is 20.0 Å². The van der Waals surface area contributed by atoms with E-state index in [4.69, 9.17) is 9.47 Å². The van der Waals surface area contributed by atoms with Crippen LogP contribution in [0.15, 0.2) is 24.4 Å². The Kier molecular flexibility index (Phi) is 11.4. The molecule has 2 amide bonds. The molecule has 2 heterocycles. The first-order chi connectivity index (χ1) is 20.7. The van der Waals surface area contributed by atoms with Crippen molar-refractivity contribution >= 4 is 14.1 Å². The summed E-state index contributed by atoms with van der Waals surface area (Å²) in [5.41, 5.74) is 0.560. The van der Waals surface area contributed by atoms with Gasteiger partial charge in [-0.2, -0.15) is 18.3 Å². The maximum atomic E-state index is 14.4. The van der Waals surface area contributed by atoms with Gasteiger partial charge < -0.3 is 19.7 Å². The Bertz CT molecular complexity index is 1250. The van der Waals surface area contributed by atoms with E-state index in [1.54, 1.807) is 10.9 Å². The molecule has 2 unspecified atom stereocenters. The summed E-state index contributed by atoms with van der Waals surface area (Å²) in [6, 6.07) is 3.12. The highest BCUT2D eigenvalue weighted by atomic mass is 28.3. The molecule has 7 nitrogen and oxygen atoms in total. The van der Waals surface area contributed by atoms with E-state index in [0.29, 0.717) is 45.1 Å². The molecular formula is C30H42F6N4O3Si. The molecule has 0 radical (unpaired) electrons. The Labute approximate surface area is 255 Å². The van der Waals surface area contributed by atoms with E-state index in [0.717, 1.165) is 23.9 Å². The molecule has 1 saturated carbocycles. The minimum Gasteiger partial charge on any atom is -0.376 e. The number of alkyl halides is 3. The lowest BCUT2D eigenvalue weighted by atomic mass is 9.82. The van der Waals surface area contributed by atoms with Crippen LogP contribution < -0.4 is 5.32 Å². The van der Waals surface area contributed by atoms with Crippen molar-refractivity contribution < 1.29 is 40.6 Å². The number of aromatic nitrogens is 2. The zero-order valence-electron chi connectivity index (χ0n) is 25.4. The van der Waals surface area contributed by atoms with Gasteiger partial charge in [-0.1, -0.05) is 19.6 Å². The number of nitrogens with zero attached hydrogens (tertiary/aromatic N) is 3. The van der Waals surface area contributed by atoms with Gasteiger partial charge in [-0.15, -0.1) is 0 Å². The van der Waals surface area contributed by atoms with E-state index in [1.807, 2.05) is 11.4 Å². The van der Waals surface area contributed by atoms with E-state index >= 15 is 0 Å². The molecule has 44 heavy (non-hydrogen) atoms. The van der Waals surface area contributed by atoms with Gasteiger partial charge in [0.05, 0.1) is 18.8 Å². The third kappa shape index (κ3) is 9.22. The molecule has 1 N–H and O–H groups in total. The standard InChI is InChI=1S/C30H42F6N4O3Si/c1-44(2,3)16-15-42-19-40-25(12-13-38-40)22-5-4-14-39(29(41)37-18-30(34,35)36)26(22)17-43-21-8-6-20(7-9-21)27-23(31)10-11-24(32)28(27)33/h10-13,20-22,26H,4-9,14-19H2,1-3H3,(H,37,41)/t20-,21+,22?,26?. The van der Waals surface area contributed by atoms with Crippen LogP contribution in [0.3, 0.4) is 0 Å². The number of benzene rings is 1. The lowest BCUT2D eigenvalue weighted by Gasteiger charge is -2.42. The third-order valence-corrected chi connectivity index (χ3v) is 10.2. The SMILES string of the molecule is C[Si](C)(C)CCOCn1nccc1C1CCCN(C(=O)NCC(F)(F)F)C1CO[C@H]1CC[C@@H](c2c(F)ccc(F)c2F)CC1. The molecule has 1 aliphatic heterocycles. The van der Waals surface area contributed by atoms with Crippen molar-refractivity contribution in [2.24, 2.45) is 0 Å². The highest BCUT2D eigenvalue weighted by molar-refractivity contribution is 6.76. The maximum absolute atomic E-state index is 14.4. The van der Waals surface area contributed by atoms with Crippen molar-refractivity contribution in [2.45, 2.75) is 101 Å². The third-order valence-electron chi connectivity index (χ3n) is 8.48. The van der Waals surface area contributed by atoms with Crippen LogP contribution in [0.5, 0.6) is 0 Å². The molecule has 0 spiro atoms. The Morgan fingerprint density at radius 1 is 1.05 bits per heavy atom. The van der Waals surface area contributed by atoms with Gasteiger partial charge in [-0.3, -0.25) is 0 Å². The predicted molar refractivity (Wildman–Crippen MR) is 156 cm³/mol. The average Bonchev–Trinajstić information content (AvgIpc) is 3.43. The zero-order chi connectivity index (χ0) is 32.1. The molecule has 1 saturated heterocycles. The predicted octanol–water partition coefficient (Wildman–Crippen LogP) is 7.18. The molecule has 2 aromatic rings. The number of piperidine rings is 1. The number of carbonyl (C=O) groups is 1. The zero-order valence-corrected chi connectivity index (χ0v) is 26.4. The Morgan fingerprint density at radius 2 is 1.75 bits per heavy atom. The largest absolute Gasteiger partial charge is 0.405 e. The summed E-state index contributed by atoms with van der Waals surface area (Å²) in [5, 5.41) is 6.41. The second kappa shape index (κ2) is 14.7. The monoisotopic (exact) mass is 648 g/mol. The number of hydrogen-bond acceptors (Lipinski definition) is 4. The Morgan fingerprint density at radius 3 is 2.43 bits per heavy atom. The van der Waals surface area contributed by atoms with Crippen molar-refractivity contribution in [3.63, 3.8) is 0 Å². The van der Waals surface area contributed by atoms with E-state index < -0.39 is 56.2 Å². The van der Waals surface area contributed by atoms with Crippen LogP contribution in [0.2, 0.25) is 25.7 Å². The molecule has 2 fully saturated rings. The molecule has 0 bridgehead atoms. The van der Waals surface area contributed by atoms with Crippen molar-refractivity contribution in [3.8, 4) is 0 Å². The van der Waals surface area contributed by atoms with Crippen LogP contribution >= 0.6 is 0 Å². The number of carbonyl (C=O) groups excluding carboxylic acids is 1. The summed E-state index contributed by atoms with van der Waals surface area (Å²) in [5.74, 6) is -3.79. The Balaban J connectivity index is 1.45. The molecular weight excluding hydrogens is 606 g/mol. The second-order valence-corrected chi connectivity index (χ2v) is 18.6. The summed E-state index contributed by atoms with van der Waals surface area (Å²) in [6.45, 7) is 6.45. The van der Waals surface area contributed by atoms with Crippen molar-refractivity contribution in [3.05, 3.63) is 53.1 Å². The fourth-order valence-electron chi connectivity index (χ4n) is 6.10. The highest BCUT2D eigenvalue weighted by Crippen LogP contribution is 2.38. The second-order valence-electron chi connectivity index (χ2n) is 13.0. The topological polar surface area (TPSA) is 68.6 Å². The summed E-state index contributed by atoms with van der Waals surface area (Å²) < 4.78 is 95.2. The van der Waals surface area contributed by atoms with Gasteiger partial charge in [0.15, 0.2) is 11.6 Å². The number of halogens is 6. The van der Waals surface area contributed by atoms with Crippen LogP contribution in [0.25, 0.3) is 0 Å². The summed E-state index contributed by atoms with van der Waals surface area (Å²) in [4.78, 5) is 14.4. The lowest BCUT2D eigenvalue weighted by molar-refractivity contribution is -0.123. The summed E-state index contributed by atoms with van der Waals surface area (Å²) in [7, 11) is -1.29. The molecule has 2 aliphatic rings. The van der Waals surface area contributed by atoms with Gasteiger partial charge in [-0.25, -0.2) is 22.6 Å². The Hall–Kier alpha value is -2.58. The number of nitrogens with one attached hydrogen (secondary N) is 1. The van der Waals surface area contributed by atoms with Crippen LogP contribution in [0.4, 0.5) is 31.1 Å². The van der Waals surface area contributed by atoms with E-state index in [9.17, 15) is 31.1 Å². The van der Waals surface area contributed by atoms with E-state index in [-0.39, 0.29) is 37.5 Å². The average molecular weight is 649 g/mol. The molecule has 1 aromatic heterocycles. The minimum atomic E-state index is -4.55. The number of rotatable bonds is 11. The van der Waals surface area contributed by atoms with Crippen LogP contribution in [-0.4, -0.2) is 73.4 Å². The fraction of sp³-hybridized carbons (Fsp3) is 0.667. The first-order valence-electron chi connectivity index (χ1n) is 15.2. The molecule has 2 atom stereocenters. The van der Waals surface area contributed by atoms with E-state index in [1.165, 1.54) is 4.90 Å². The first-order valence-corrected chi connectivity index (χ1v) is 18.9. The van der Waals surface area contributed by atoms with Gasteiger partial charge in [0, 0.05) is 44.6 Å². The summed E-state index contributed by atoms with van der Waals surface area (Å²) in [6.07, 6.45) is -0.266. The van der Waals surface area contributed by atoms with E-state index in [2.05, 4.69) is 24.7 Å². The van der Waals surface area contributed by atoms with Crippen molar-refractivity contribution in [1.29, 1.82) is 0 Å².